The van der Waals surface area contributed by atoms with Gasteiger partial charge in [0.1, 0.15) is 0 Å². The lowest BCUT2D eigenvalue weighted by molar-refractivity contribution is 1.12. The number of benzene rings is 2. The lowest BCUT2D eigenvalue weighted by Crippen LogP contribution is -1.89. The Hall–Kier alpha value is -2.02. The number of aromatic nitrogens is 1. The zero-order chi connectivity index (χ0) is 10.8. The van der Waals surface area contributed by atoms with E-state index in [0.717, 1.165) is 6.42 Å². The predicted molar refractivity (Wildman–Crippen MR) is 67.5 cm³/mol. The molecule has 0 aliphatic heterocycles. The van der Waals surface area contributed by atoms with E-state index in [4.69, 9.17) is 0 Å². The average molecular weight is 207 g/mol. The van der Waals surface area contributed by atoms with Gasteiger partial charge >= 0.3 is 0 Å². The minimum atomic E-state index is 0.967. The van der Waals surface area contributed by atoms with Crippen molar-refractivity contribution in [2.75, 3.05) is 0 Å². The van der Waals surface area contributed by atoms with E-state index in [2.05, 4.69) is 53.5 Å². The number of rotatable bonds is 2. The van der Waals surface area contributed by atoms with Crippen LogP contribution in [-0.4, -0.2) is 4.98 Å². The van der Waals surface area contributed by atoms with Crippen molar-refractivity contribution in [3.05, 3.63) is 72.1 Å². The summed E-state index contributed by atoms with van der Waals surface area (Å²) in [5.41, 5.74) is 2.64. The largest absolute Gasteiger partial charge is 0.365 e. The van der Waals surface area contributed by atoms with Crippen LogP contribution < -0.4 is 0 Å². The van der Waals surface area contributed by atoms with E-state index in [1.54, 1.807) is 0 Å². The molecule has 0 unspecified atom stereocenters. The van der Waals surface area contributed by atoms with Gasteiger partial charge in [-0.15, -0.1) is 0 Å². The van der Waals surface area contributed by atoms with Gasteiger partial charge in [-0.3, -0.25) is 0 Å². The van der Waals surface area contributed by atoms with Crippen LogP contribution in [0.15, 0.2) is 60.8 Å². The molecule has 0 fully saturated rings. The van der Waals surface area contributed by atoms with Crippen LogP contribution >= 0.6 is 0 Å². The smallest absolute Gasteiger partial charge is 0.0191 e. The fourth-order valence-electron chi connectivity index (χ4n) is 2.13. The Morgan fingerprint density at radius 2 is 1.69 bits per heavy atom. The molecule has 1 heterocycles. The van der Waals surface area contributed by atoms with Crippen molar-refractivity contribution in [3.63, 3.8) is 0 Å². The Labute approximate surface area is 94.7 Å². The lowest BCUT2D eigenvalue weighted by Gasteiger charge is -2.05. The van der Waals surface area contributed by atoms with Crippen molar-refractivity contribution >= 4 is 10.8 Å². The Balaban J connectivity index is 2.10. The normalized spacial score (nSPS) is 10.8. The second-order valence-electron chi connectivity index (χ2n) is 4.01. The summed E-state index contributed by atoms with van der Waals surface area (Å²) < 4.78 is 0. The van der Waals surface area contributed by atoms with Gasteiger partial charge in [0.05, 0.1) is 0 Å². The van der Waals surface area contributed by atoms with Gasteiger partial charge in [-0.2, -0.15) is 0 Å². The quantitative estimate of drug-likeness (QED) is 0.658. The van der Waals surface area contributed by atoms with Gasteiger partial charge < -0.3 is 4.98 Å². The monoisotopic (exact) mass is 207 g/mol. The van der Waals surface area contributed by atoms with E-state index in [1.807, 2.05) is 12.3 Å². The van der Waals surface area contributed by atoms with E-state index in [0.29, 0.717) is 0 Å². The van der Waals surface area contributed by atoms with Gasteiger partial charge in [0, 0.05) is 18.3 Å². The number of aromatic amines is 1. The highest BCUT2D eigenvalue weighted by molar-refractivity contribution is 5.85. The molecule has 0 amide bonds. The molecule has 0 saturated heterocycles. The zero-order valence-corrected chi connectivity index (χ0v) is 8.98. The Bertz CT molecular complexity index is 588. The molecule has 2 aromatic carbocycles. The average Bonchev–Trinajstić information content (AvgIpc) is 2.82. The van der Waals surface area contributed by atoms with E-state index >= 15 is 0 Å². The maximum atomic E-state index is 3.25. The molecule has 0 bridgehead atoms. The molecule has 3 aromatic rings. The molecule has 1 aromatic heterocycles. The summed E-state index contributed by atoms with van der Waals surface area (Å²) >= 11 is 0. The second kappa shape index (κ2) is 3.86. The Morgan fingerprint density at radius 3 is 2.56 bits per heavy atom. The summed E-state index contributed by atoms with van der Waals surface area (Å²) in [6, 6.07) is 19.2. The third kappa shape index (κ3) is 1.61. The molecule has 0 atom stereocenters. The maximum absolute atomic E-state index is 3.25. The minimum absolute atomic E-state index is 0.967. The van der Waals surface area contributed by atoms with Crippen LogP contribution in [0.1, 0.15) is 11.3 Å². The predicted octanol–water partition coefficient (Wildman–Crippen LogP) is 3.76. The SMILES string of the molecule is c1c[nH]c(Cc2cccc3ccccc23)c1. The maximum Gasteiger partial charge on any atom is 0.0191 e. The number of fused-ring (bicyclic) bond motifs is 1. The fraction of sp³-hybridized carbons (Fsp3) is 0.0667. The first kappa shape index (κ1) is 9.22. The van der Waals surface area contributed by atoms with Crippen LogP contribution in [0.5, 0.6) is 0 Å². The van der Waals surface area contributed by atoms with E-state index < -0.39 is 0 Å². The molecule has 16 heavy (non-hydrogen) atoms. The van der Waals surface area contributed by atoms with E-state index in [1.165, 1.54) is 22.0 Å². The van der Waals surface area contributed by atoms with Crippen molar-refractivity contribution in [3.8, 4) is 0 Å². The van der Waals surface area contributed by atoms with Crippen molar-refractivity contribution in [1.82, 2.24) is 4.98 Å². The Morgan fingerprint density at radius 1 is 0.812 bits per heavy atom. The first-order valence-corrected chi connectivity index (χ1v) is 5.52. The molecule has 0 saturated carbocycles. The van der Waals surface area contributed by atoms with E-state index in [9.17, 15) is 0 Å². The van der Waals surface area contributed by atoms with Crippen LogP contribution in [-0.2, 0) is 6.42 Å². The first-order valence-electron chi connectivity index (χ1n) is 5.52. The first-order chi connectivity index (χ1) is 7.93. The summed E-state index contributed by atoms with van der Waals surface area (Å²) in [7, 11) is 0. The van der Waals surface area contributed by atoms with Crippen molar-refractivity contribution < 1.29 is 0 Å². The molecule has 78 valence electrons. The number of nitrogens with one attached hydrogen (secondary N) is 1. The molecule has 0 spiro atoms. The van der Waals surface area contributed by atoms with Gasteiger partial charge in [-0.1, -0.05) is 42.5 Å². The summed E-state index contributed by atoms with van der Waals surface area (Å²) in [6.07, 6.45) is 2.94. The number of H-pyrrole nitrogens is 1. The van der Waals surface area contributed by atoms with Gasteiger partial charge in [-0.25, -0.2) is 0 Å². The van der Waals surface area contributed by atoms with Crippen LogP contribution in [0.3, 0.4) is 0 Å². The molecular formula is C15H13N. The van der Waals surface area contributed by atoms with Crippen LogP contribution in [0.2, 0.25) is 0 Å². The van der Waals surface area contributed by atoms with Gasteiger partial charge in [0.15, 0.2) is 0 Å². The van der Waals surface area contributed by atoms with Crippen LogP contribution in [0.4, 0.5) is 0 Å². The summed E-state index contributed by atoms with van der Waals surface area (Å²) in [4.78, 5) is 3.25. The third-order valence-corrected chi connectivity index (χ3v) is 2.92. The lowest BCUT2D eigenvalue weighted by atomic mass is 10.0. The fourth-order valence-corrected chi connectivity index (χ4v) is 2.13. The van der Waals surface area contributed by atoms with Crippen LogP contribution in [0, 0.1) is 0 Å². The molecule has 1 nitrogen and oxygen atoms in total. The van der Waals surface area contributed by atoms with Crippen molar-refractivity contribution in [2.45, 2.75) is 6.42 Å². The zero-order valence-electron chi connectivity index (χ0n) is 8.98. The summed E-state index contributed by atoms with van der Waals surface area (Å²) in [6.45, 7) is 0. The highest BCUT2D eigenvalue weighted by Gasteiger charge is 2.01. The topological polar surface area (TPSA) is 15.8 Å². The highest BCUT2D eigenvalue weighted by atomic mass is 14.7. The highest BCUT2D eigenvalue weighted by Crippen LogP contribution is 2.20. The standard InChI is InChI=1S/C15H13N/c1-2-9-15-12(5-1)6-3-7-13(15)11-14-8-4-10-16-14/h1-10,16H,11H2. The number of hydrogen-bond acceptors (Lipinski definition) is 0. The van der Waals surface area contributed by atoms with Crippen molar-refractivity contribution in [1.29, 1.82) is 0 Å². The van der Waals surface area contributed by atoms with Gasteiger partial charge in [-0.05, 0) is 28.5 Å². The van der Waals surface area contributed by atoms with E-state index in [-0.39, 0.29) is 0 Å². The summed E-state index contributed by atoms with van der Waals surface area (Å²) in [5, 5.41) is 2.66. The molecular weight excluding hydrogens is 194 g/mol. The molecule has 3 rings (SSSR count). The van der Waals surface area contributed by atoms with Gasteiger partial charge in [0.25, 0.3) is 0 Å². The molecule has 0 aliphatic rings. The molecule has 0 aliphatic carbocycles. The molecule has 0 radical (unpaired) electrons. The number of hydrogen-bond donors (Lipinski definition) is 1. The third-order valence-electron chi connectivity index (χ3n) is 2.92. The minimum Gasteiger partial charge on any atom is -0.365 e. The Kier molecular flexibility index (Phi) is 2.22. The summed E-state index contributed by atoms with van der Waals surface area (Å²) in [5.74, 6) is 0. The van der Waals surface area contributed by atoms with Crippen molar-refractivity contribution in [2.24, 2.45) is 0 Å². The van der Waals surface area contributed by atoms with Crippen LogP contribution in [0.25, 0.3) is 10.8 Å². The van der Waals surface area contributed by atoms with Gasteiger partial charge in [0.2, 0.25) is 0 Å². The molecule has 1 N–H and O–H groups in total. The molecule has 1 heteroatoms. The second-order valence-corrected chi connectivity index (χ2v) is 4.01.